The number of anilines is 1. The zero-order valence-electron chi connectivity index (χ0n) is 11.7. The first-order chi connectivity index (χ1) is 9.24. The number of hydrogen-bond donors (Lipinski definition) is 0. The molecule has 104 valence electrons. The average Bonchev–Trinajstić information content (AvgIpc) is 2.60. The minimum Gasteiger partial charge on any atom is -0.370 e. The van der Waals surface area contributed by atoms with E-state index in [1.807, 2.05) is 13.0 Å². The number of halogens is 1. The van der Waals surface area contributed by atoms with Gasteiger partial charge in [0, 0.05) is 31.4 Å². The van der Waals surface area contributed by atoms with Gasteiger partial charge in [0.15, 0.2) is 0 Å². The molecule has 0 amide bonds. The highest BCUT2D eigenvalue weighted by Crippen LogP contribution is 2.27. The Morgan fingerprint density at radius 3 is 2.79 bits per heavy atom. The van der Waals surface area contributed by atoms with E-state index in [9.17, 15) is 4.39 Å². The van der Waals surface area contributed by atoms with Gasteiger partial charge in [0.2, 0.25) is 0 Å². The van der Waals surface area contributed by atoms with Crippen molar-refractivity contribution in [3.05, 3.63) is 29.6 Å². The first kappa shape index (κ1) is 12.9. The summed E-state index contributed by atoms with van der Waals surface area (Å²) in [5.74, 6) is -0.129. The topological polar surface area (TPSA) is 6.48 Å². The van der Waals surface area contributed by atoms with Crippen LogP contribution in [-0.4, -0.2) is 37.1 Å². The lowest BCUT2D eigenvalue weighted by atomic mass is 10.0. The monoisotopic (exact) mass is 262 g/mol. The van der Waals surface area contributed by atoms with E-state index in [0.29, 0.717) is 6.04 Å². The molecule has 0 spiro atoms. The summed E-state index contributed by atoms with van der Waals surface area (Å²) in [6.45, 7) is 6.70. The van der Waals surface area contributed by atoms with Crippen LogP contribution in [0, 0.1) is 12.7 Å². The molecular weight excluding hydrogens is 239 g/mol. The molecule has 0 bridgehead atoms. The fourth-order valence-corrected chi connectivity index (χ4v) is 3.56. The Morgan fingerprint density at radius 1 is 1.11 bits per heavy atom. The summed E-state index contributed by atoms with van der Waals surface area (Å²) in [5, 5.41) is 0. The molecule has 2 fully saturated rings. The first-order valence-corrected chi connectivity index (χ1v) is 7.49. The third-order valence-electron chi connectivity index (χ3n) is 4.55. The summed E-state index contributed by atoms with van der Waals surface area (Å²) >= 11 is 0. The molecular formula is C16H23FN2. The Labute approximate surface area is 115 Å². The molecule has 1 atom stereocenters. The summed E-state index contributed by atoms with van der Waals surface area (Å²) in [6, 6.07) is 5.88. The third kappa shape index (κ3) is 2.76. The van der Waals surface area contributed by atoms with Crippen molar-refractivity contribution in [1.29, 1.82) is 0 Å². The number of benzene rings is 1. The van der Waals surface area contributed by atoms with E-state index in [1.54, 1.807) is 12.1 Å². The Kier molecular flexibility index (Phi) is 3.74. The largest absolute Gasteiger partial charge is 0.370 e. The maximum absolute atomic E-state index is 13.2. The molecule has 2 aliphatic heterocycles. The maximum Gasteiger partial charge on any atom is 0.123 e. The number of hydrogen-bond acceptors (Lipinski definition) is 2. The minimum atomic E-state index is -0.129. The summed E-state index contributed by atoms with van der Waals surface area (Å²) in [5.41, 5.74) is 2.28. The van der Waals surface area contributed by atoms with Gasteiger partial charge in [-0.2, -0.15) is 0 Å². The van der Waals surface area contributed by atoms with Gasteiger partial charge in [-0.25, -0.2) is 4.39 Å². The van der Waals surface area contributed by atoms with Crippen LogP contribution in [-0.2, 0) is 0 Å². The molecule has 2 heterocycles. The summed E-state index contributed by atoms with van der Waals surface area (Å²) < 4.78 is 13.2. The van der Waals surface area contributed by atoms with E-state index in [-0.39, 0.29) is 5.82 Å². The lowest BCUT2D eigenvalue weighted by Crippen LogP contribution is -2.44. The normalized spacial score (nSPS) is 24.9. The molecule has 0 N–H and O–H groups in total. The molecule has 3 heteroatoms. The molecule has 1 unspecified atom stereocenters. The van der Waals surface area contributed by atoms with E-state index >= 15 is 0 Å². The molecule has 0 aliphatic carbocycles. The van der Waals surface area contributed by atoms with Crippen molar-refractivity contribution < 1.29 is 4.39 Å². The van der Waals surface area contributed by atoms with E-state index in [0.717, 1.165) is 18.7 Å². The van der Waals surface area contributed by atoms with Crippen LogP contribution in [0.3, 0.4) is 0 Å². The van der Waals surface area contributed by atoms with Crippen molar-refractivity contribution in [2.45, 2.75) is 38.6 Å². The second-order valence-corrected chi connectivity index (χ2v) is 5.92. The quantitative estimate of drug-likeness (QED) is 0.767. The SMILES string of the molecule is Cc1cc(F)ccc1N1CCCN2CCCCC2C1. The number of rotatable bonds is 1. The van der Waals surface area contributed by atoms with Crippen LogP contribution in [0.4, 0.5) is 10.1 Å². The minimum absolute atomic E-state index is 0.129. The highest BCUT2D eigenvalue weighted by Gasteiger charge is 2.27. The molecule has 0 radical (unpaired) electrons. The van der Waals surface area contributed by atoms with Gasteiger partial charge in [0.1, 0.15) is 5.82 Å². The Balaban J connectivity index is 1.80. The smallest absolute Gasteiger partial charge is 0.123 e. The molecule has 0 saturated carbocycles. The zero-order chi connectivity index (χ0) is 13.2. The molecule has 1 aromatic rings. The van der Waals surface area contributed by atoms with Crippen LogP contribution < -0.4 is 4.90 Å². The van der Waals surface area contributed by atoms with Crippen molar-refractivity contribution >= 4 is 5.69 Å². The summed E-state index contributed by atoms with van der Waals surface area (Å²) in [7, 11) is 0. The standard InChI is InChI=1S/C16H23FN2/c1-13-11-14(17)6-7-16(13)19-10-4-9-18-8-3-2-5-15(18)12-19/h6-7,11,15H,2-5,8-10,12H2,1H3. The fourth-order valence-electron chi connectivity index (χ4n) is 3.56. The van der Waals surface area contributed by atoms with Crippen LogP contribution in [0.2, 0.25) is 0 Å². The van der Waals surface area contributed by atoms with Crippen molar-refractivity contribution in [1.82, 2.24) is 4.90 Å². The lowest BCUT2D eigenvalue weighted by Gasteiger charge is -2.36. The first-order valence-electron chi connectivity index (χ1n) is 7.49. The van der Waals surface area contributed by atoms with Crippen LogP contribution in [0.5, 0.6) is 0 Å². The van der Waals surface area contributed by atoms with Gasteiger partial charge < -0.3 is 4.90 Å². The zero-order valence-corrected chi connectivity index (χ0v) is 11.7. The van der Waals surface area contributed by atoms with Crippen molar-refractivity contribution in [2.24, 2.45) is 0 Å². The van der Waals surface area contributed by atoms with Gasteiger partial charge in [-0.15, -0.1) is 0 Å². The molecule has 3 rings (SSSR count). The van der Waals surface area contributed by atoms with E-state index in [4.69, 9.17) is 0 Å². The third-order valence-corrected chi connectivity index (χ3v) is 4.55. The van der Waals surface area contributed by atoms with E-state index in [2.05, 4.69) is 9.80 Å². The van der Waals surface area contributed by atoms with Gasteiger partial charge >= 0.3 is 0 Å². The molecule has 2 aliphatic rings. The van der Waals surface area contributed by atoms with Crippen LogP contribution in [0.25, 0.3) is 0 Å². The summed E-state index contributed by atoms with van der Waals surface area (Å²) in [4.78, 5) is 5.12. The van der Waals surface area contributed by atoms with Crippen molar-refractivity contribution in [2.75, 3.05) is 31.1 Å². The van der Waals surface area contributed by atoms with Gasteiger partial charge in [-0.05, 0) is 56.5 Å². The molecule has 1 aromatic carbocycles. The Bertz CT molecular complexity index is 446. The predicted molar refractivity (Wildman–Crippen MR) is 77.2 cm³/mol. The molecule has 2 nitrogen and oxygen atoms in total. The maximum atomic E-state index is 13.2. The second-order valence-electron chi connectivity index (χ2n) is 5.92. The van der Waals surface area contributed by atoms with Gasteiger partial charge in [0.05, 0.1) is 0 Å². The molecule has 2 saturated heterocycles. The Hall–Kier alpha value is -1.09. The second kappa shape index (κ2) is 5.49. The lowest BCUT2D eigenvalue weighted by molar-refractivity contribution is 0.162. The summed E-state index contributed by atoms with van der Waals surface area (Å²) in [6.07, 6.45) is 5.24. The molecule has 19 heavy (non-hydrogen) atoms. The number of piperidine rings is 1. The number of aryl methyl sites for hydroxylation is 1. The van der Waals surface area contributed by atoms with Gasteiger partial charge in [-0.1, -0.05) is 6.42 Å². The van der Waals surface area contributed by atoms with E-state index in [1.165, 1.54) is 44.5 Å². The van der Waals surface area contributed by atoms with Crippen molar-refractivity contribution in [3.63, 3.8) is 0 Å². The van der Waals surface area contributed by atoms with Gasteiger partial charge in [0.25, 0.3) is 0 Å². The van der Waals surface area contributed by atoms with Gasteiger partial charge in [-0.3, -0.25) is 4.90 Å². The predicted octanol–water partition coefficient (Wildman–Crippen LogP) is 3.20. The fraction of sp³-hybridized carbons (Fsp3) is 0.625. The number of nitrogens with zero attached hydrogens (tertiary/aromatic N) is 2. The van der Waals surface area contributed by atoms with Crippen molar-refractivity contribution in [3.8, 4) is 0 Å². The highest BCUT2D eigenvalue weighted by molar-refractivity contribution is 5.53. The number of fused-ring (bicyclic) bond motifs is 1. The Morgan fingerprint density at radius 2 is 1.95 bits per heavy atom. The molecule has 0 aromatic heterocycles. The van der Waals surface area contributed by atoms with Crippen LogP contribution >= 0.6 is 0 Å². The van der Waals surface area contributed by atoms with E-state index < -0.39 is 0 Å². The highest BCUT2D eigenvalue weighted by atomic mass is 19.1. The average molecular weight is 262 g/mol. The van der Waals surface area contributed by atoms with Crippen LogP contribution in [0.1, 0.15) is 31.2 Å². The van der Waals surface area contributed by atoms with Crippen LogP contribution in [0.15, 0.2) is 18.2 Å².